The predicted molar refractivity (Wildman–Crippen MR) is 68.6 cm³/mol. The molecule has 17 heavy (non-hydrogen) atoms. The first-order chi connectivity index (χ1) is 7.93. The number of hydrogen-bond donors (Lipinski definition) is 3. The summed E-state index contributed by atoms with van der Waals surface area (Å²) in [6, 6.07) is 0.256. The molecule has 1 atom stereocenters. The van der Waals surface area contributed by atoms with Gasteiger partial charge in [0, 0.05) is 24.7 Å². The van der Waals surface area contributed by atoms with Crippen LogP contribution in [0.25, 0.3) is 0 Å². The number of nitrogens with one attached hydrogen (secondary N) is 1. The molecule has 102 valence electrons. The zero-order valence-corrected chi connectivity index (χ0v) is 11.3. The van der Waals surface area contributed by atoms with Crippen molar-refractivity contribution in [2.75, 3.05) is 24.7 Å². The van der Waals surface area contributed by atoms with E-state index in [-0.39, 0.29) is 29.7 Å². The van der Waals surface area contributed by atoms with Gasteiger partial charge in [0.05, 0.1) is 11.5 Å². The Hall–Kier alpha value is -0.170. The number of nitrogens with two attached hydrogens (primary N) is 1. The topological polar surface area (TPSA) is 92.4 Å². The fourth-order valence-corrected chi connectivity index (χ4v) is 3.94. The van der Waals surface area contributed by atoms with Crippen LogP contribution >= 0.6 is 0 Å². The zero-order valence-electron chi connectivity index (χ0n) is 10.5. The summed E-state index contributed by atoms with van der Waals surface area (Å²) in [7, 11) is -2.85. The Morgan fingerprint density at radius 2 is 2.00 bits per heavy atom. The number of sulfone groups is 1. The van der Waals surface area contributed by atoms with Gasteiger partial charge in [-0.25, -0.2) is 8.42 Å². The van der Waals surface area contributed by atoms with Gasteiger partial charge in [0.25, 0.3) is 0 Å². The van der Waals surface area contributed by atoms with E-state index < -0.39 is 9.84 Å². The smallest absolute Gasteiger partial charge is 0.150 e. The summed E-state index contributed by atoms with van der Waals surface area (Å²) >= 11 is 0. The largest absolute Gasteiger partial charge is 0.396 e. The minimum atomic E-state index is -2.85. The van der Waals surface area contributed by atoms with Crippen LogP contribution in [0.1, 0.15) is 32.6 Å². The first-order valence-corrected chi connectivity index (χ1v) is 8.04. The van der Waals surface area contributed by atoms with Crippen LogP contribution in [-0.2, 0) is 9.84 Å². The van der Waals surface area contributed by atoms with Crippen molar-refractivity contribution < 1.29 is 13.5 Å². The number of rotatable bonds is 6. The molecule has 0 spiro atoms. The SMILES string of the molecule is CC(CCCO)NC1(CN)CCS(=O)(=O)CC1. The number of aliphatic hydroxyl groups is 1. The van der Waals surface area contributed by atoms with E-state index in [1.165, 1.54) is 0 Å². The zero-order chi connectivity index (χ0) is 12.9. The normalized spacial score (nSPS) is 24.4. The van der Waals surface area contributed by atoms with Crippen LogP contribution in [0.15, 0.2) is 0 Å². The first-order valence-electron chi connectivity index (χ1n) is 6.22. The first kappa shape index (κ1) is 14.9. The van der Waals surface area contributed by atoms with Crippen LogP contribution in [-0.4, -0.2) is 49.8 Å². The van der Waals surface area contributed by atoms with Crippen molar-refractivity contribution >= 4 is 9.84 Å². The maximum absolute atomic E-state index is 11.4. The van der Waals surface area contributed by atoms with Gasteiger partial charge in [-0.1, -0.05) is 0 Å². The van der Waals surface area contributed by atoms with Gasteiger partial charge in [-0.15, -0.1) is 0 Å². The highest BCUT2D eigenvalue weighted by Crippen LogP contribution is 2.24. The van der Waals surface area contributed by atoms with Crippen molar-refractivity contribution in [2.45, 2.75) is 44.2 Å². The van der Waals surface area contributed by atoms with Crippen LogP contribution in [0.5, 0.6) is 0 Å². The third-order valence-electron chi connectivity index (χ3n) is 3.52. The Morgan fingerprint density at radius 3 is 2.47 bits per heavy atom. The molecule has 1 aliphatic rings. The van der Waals surface area contributed by atoms with Crippen LogP contribution in [0.4, 0.5) is 0 Å². The average Bonchev–Trinajstić information content (AvgIpc) is 2.30. The van der Waals surface area contributed by atoms with Gasteiger partial charge < -0.3 is 16.2 Å². The summed E-state index contributed by atoms with van der Waals surface area (Å²) in [5.74, 6) is 0.452. The standard InChI is InChI=1S/C11H24N2O3S/c1-10(3-2-6-14)13-11(9-12)4-7-17(15,16)8-5-11/h10,13-14H,2-9,12H2,1H3. The third-order valence-corrected chi connectivity index (χ3v) is 5.17. The van der Waals surface area contributed by atoms with E-state index in [0.717, 1.165) is 12.8 Å². The molecule has 0 aromatic rings. The molecule has 0 aromatic heterocycles. The quantitative estimate of drug-likeness (QED) is 0.609. The van der Waals surface area contributed by atoms with Crippen LogP contribution in [0.2, 0.25) is 0 Å². The lowest BCUT2D eigenvalue weighted by Crippen LogP contribution is -2.58. The third kappa shape index (κ3) is 4.54. The molecule has 6 heteroatoms. The second-order valence-corrected chi connectivity index (χ2v) is 7.35. The molecule has 1 rings (SSSR count). The van der Waals surface area contributed by atoms with Crippen molar-refractivity contribution in [1.82, 2.24) is 5.32 Å². The van der Waals surface area contributed by atoms with Crippen LogP contribution in [0.3, 0.4) is 0 Å². The molecule has 0 radical (unpaired) electrons. The van der Waals surface area contributed by atoms with Crippen molar-refractivity contribution in [3.8, 4) is 0 Å². The van der Waals surface area contributed by atoms with E-state index in [1.54, 1.807) is 0 Å². The highest BCUT2D eigenvalue weighted by molar-refractivity contribution is 7.91. The fourth-order valence-electron chi connectivity index (χ4n) is 2.33. The maximum atomic E-state index is 11.4. The van der Waals surface area contributed by atoms with Gasteiger partial charge in [0.1, 0.15) is 9.84 Å². The molecule has 1 fully saturated rings. The minimum absolute atomic E-state index is 0.191. The van der Waals surface area contributed by atoms with E-state index >= 15 is 0 Å². The molecule has 1 aliphatic heterocycles. The highest BCUT2D eigenvalue weighted by atomic mass is 32.2. The second-order valence-electron chi connectivity index (χ2n) is 5.05. The predicted octanol–water partition coefficient (Wildman–Crippen LogP) is -0.357. The monoisotopic (exact) mass is 264 g/mol. The lowest BCUT2D eigenvalue weighted by atomic mass is 9.91. The lowest BCUT2D eigenvalue weighted by Gasteiger charge is -2.39. The van der Waals surface area contributed by atoms with Crippen molar-refractivity contribution in [2.24, 2.45) is 5.73 Å². The molecular weight excluding hydrogens is 240 g/mol. The molecule has 1 heterocycles. The van der Waals surface area contributed by atoms with Crippen molar-refractivity contribution in [1.29, 1.82) is 0 Å². The average molecular weight is 264 g/mol. The molecule has 0 bridgehead atoms. The van der Waals surface area contributed by atoms with Gasteiger partial charge in [-0.2, -0.15) is 0 Å². The maximum Gasteiger partial charge on any atom is 0.150 e. The Morgan fingerprint density at radius 1 is 1.41 bits per heavy atom. The Kier molecular flexibility index (Phi) is 5.37. The van der Waals surface area contributed by atoms with E-state index in [4.69, 9.17) is 10.8 Å². The summed E-state index contributed by atoms with van der Waals surface area (Å²) in [5.41, 5.74) is 5.56. The molecule has 1 unspecified atom stereocenters. The fraction of sp³-hybridized carbons (Fsp3) is 1.00. The van der Waals surface area contributed by atoms with E-state index in [2.05, 4.69) is 12.2 Å². The minimum Gasteiger partial charge on any atom is -0.396 e. The molecule has 0 saturated carbocycles. The summed E-state index contributed by atoms with van der Waals surface area (Å²) in [4.78, 5) is 0. The van der Waals surface area contributed by atoms with Gasteiger partial charge in [-0.05, 0) is 32.6 Å². The Labute approximate surface area is 104 Å². The van der Waals surface area contributed by atoms with Crippen molar-refractivity contribution in [3.63, 3.8) is 0 Å². The van der Waals surface area contributed by atoms with Gasteiger partial charge in [0.2, 0.25) is 0 Å². The Bertz CT molecular complexity index is 316. The molecule has 5 nitrogen and oxygen atoms in total. The van der Waals surface area contributed by atoms with Gasteiger partial charge in [-0.3, -0.25) is 0 Å². The van der Waals surface area contributed by atoms with Crippen LogP contribution < -0.4 is 11.1 Å². The van der Waals surface area contributed by atoms with E-state index in [0.29, 0.717) is 19.4 Å². The van der Waals surface area contributed by atoms with Crippen molar-refractivity contribution in [3.05, 3.63) is 0 Å². The van der Waals surface area contributed by atoms with Gasteiger partial charge >= 0.3 is 0 Å². The van der Waals surface area contributed by atoms with E-state index in [9.17, 15) is 8.42 Å². The second kappa shape index (κ2) is 6.13. The Balaban J connectivity index is 2.53. The van der Waals surface area contributed by atoms with E-state index in [1.807, 2.05) is 0 Å². The van der Waals surface area contributed by atoms with Gasteiger partial charge in [0.15, 0.2) is 0 Å². The molecule has 0 aliphatic carbocycles. The molecule has 4 N–H and O–H groups in total. The molecular formula is C11H24N2O3S. The molecule has 0 amide bonds. The highest BCUT2D eigenvalue weighted by Gasteiger charge is 2.36. The number of hydrogen-bond acceptors (Lipinski definition) is 5. The summed E-state index contributed by atoms with van der Waals surface area (Å²) in [5, 5.41) is 12.2. The molecule has 1 saturated heterocycles. The lowest BCUT2D eigenvalue weighted by molar-refractivity contribution is 0.242. The summed E-state index contributed by atoms with van der Waals surface area (Å²) < 4.78 is 22.8. The molecule has 0 aromatic carbocycles. The summed E-state index contributed by atoms with van der Waals surface area (Å²) in [6.45, 7) is 2.71. The van der Waals surface area contributed by atoms with Crippen LogP contribution in [0, 0.1) is 0 Å². The number of aliphatic hydroxyl groups excluding tert-OH is 1. The summed E-state index contributed by atoms with van der Waals surface area (Å²) in [6.07, 6.45) is 2.82.